The van der Waals surface area contributed by atoms with E-state index >= 15 is 0 Å². The predicted octanol–water partition coefficient (Wildman–Crippen LogP) is 3.19. The second-order valence-electron chi connectivity index (χ2n) is 8.08. The summed E-state index contributed by atoms with van der Waals surface area (Å²) in [4.78, 5) is 22.9. The molecule has 0 bridgehead atoms. The first-order valence-corrected chi connectivity index (χ1v) is 10.7. The summed E-state index contributed by atoms with van der Waals surface area (Å²) in [5.74, 6) is 1.39. The Labute approximate surface area is 185 Å². The Bertz CT molecular complexity index is 1090. The molecule has 0 radical (unpaired) electrons. The third-order valence-corrected chi connectivity index (χ3v) is 5.34. The van der Waals surface area contributed by atoms with Crippen molar-refractivity contribution in [3.05, 3.63) is 30.2 Å². The summed E-state index contributed by atoms with van der Waals surface area (Å²) in [5, 5.41) is 18.8. The van der Waals surface area contributed by atoms with Gasteiger partial charge in [-0.05, 0) is 24.8 Å². The number of hydrogen-bond donors (Lipinski definition) is 3. The number of amides is 1. The molecule has 1 aliphatic rings. The fourth-order valence-corrected chi connectivity index (χ4v) is 3.93. The highest BCUT2D eigenvalue weighted by atomic mass is 35.5. The molecule has 1 unspecified atom stereocenters. The number of H-pyrrole nitrogens is 1. The number of halogens is 1. The van der Waals surface area contributed by atoms with Crippen LogP contribution in [0, 0.1) is 5.92 Å². The maximum absolute atomic E-state index is 12.0. The molecule has 0 spiro atoms. The van der Waals surface area contributed by atoms with Crippen molar-refractivity contribution in [3.8, 4) is 0 Å². The molecule has 164 valence electrons. The SMILES string of the molecule is C=CC(=O)N1CCCC(Nc2nc(Nc3cnn(CC(C)C)c3)nc3[nH]nc(Cl)c23)C1. The molecular formula is C20H26ClN9O. The summed E-state index contributed by atoms with van der Waals surface area (Å²) in [6.07, 6.45) is 6.81. The number of aromatic nitrogens is 6. The van der Waals surface area contributed by atoms with Crippen molar-refractivity contribution in [1.29, 1.82) is 0 Å². The van der Waals surface area contributed by atoms with Crippen molar-refractivity contribution in [2.24, 2.45) is 5.92 Å². The summed E-state index contributed by atoms with van der Waals surface area (Å²) in [6.45, 7) is 9.98. The minimum Gasteiger partial charge on any atom is -0.365 e. The average Bonchev–Trinajstić information content (AvgIpc) is 3.33. The van der Waals surface area contributed by atoms with Crippen LogP contribution in [0.15, 0.2) is 25.0 Å². The number of nitrogens with one attached hydrogen (secondary N) is 3. The Morgan fingerprint density at radius 2 is 2.29 bits per heavy atom. The van der Waals surface area contributed by atoms with E-state index in [1.54, 1.807) is 11.1 Å². The Hall–Kier alpha value is -3.14. The lowest BCUT2D eigenvalue weighted by molar-refractivity contribution is -0.127. The maximum Gasteiger partial charge on any atom is 0.246 e. The number of nitrogens with zero attached hydrogens (tertiary/aromatic N) is 6. The molecule has 10 nitrogen and oxygen atoms in total. The number of fused-ring (bicyclic) bond motifs is 1. The molecule has 3 aromatic rings. The van der Waals surface area contributed by atoms with Crippen molar-refractivity contribution < 1.29 is 4.79 Å². The van der Waals surface area contributed by atoms with Crippen LogP contribution >= 0.6 is 11.6 Å². The molecule has 1 amide bonds. The van der Waals surface area contributed by atoms with E-state index in [0.29, 0.717) is 40.4 Å². The predicted molar refractivity (Wildman–Crippen MR) is 120 cm³/mol. The van der Waals surface area contributed by atoms with E-state index < -0.39 is 0 Å². The molecule has 3 N–H and O–H groups in total. The van der Waals surface area contributed by atoms with E-state index in [0.717, 1.165) is 31.6 Å². The zero-order valence-corrected chi connectivity index (χ0v) is 18.4. The van der Waals surface area contributed by atoms with Crippen molar-refractivity contribution >= 4 is 46.0 Å². The van der Waals surface area contributed by atoms with Crippen LogP contribution in [0.2, 0.25) is 5.15 Å². The van der Waals surface area contributed by atoms with Gasteiger partial charge in [0, 0.05) is 31.9 Å². The van der Waals surface area contributed by atoms with Crippen LogP contribution in [-0.4, -0.2) is 59.9 Å². The van der Waals surface area contributed by atoms with Crippen LogP contribution in [-0.2, 0) is 11.3 Å². The number of likely N-dealkylation sites (tertiary alicyclic amines) is 1. The van der Waals surface area contributed by atoms with E-state index in [1.807, 2.05) is 10.9 Å². The van der Waals surface area contributed by atoms with Crippen molar-refractivity contribution in [2.75, 3.05) is 23.7 Å². The Morgan fingerprint density at radius 3 is 3.06 bits per heavy atom. The van der Waals surface area contributed by atoms with Crippen LogP contribution in [0.1, 0.15) is 26.7 Å². The highest BCUT2D eigenvalue weighted by Crippen LogP contribution is 2.29. The highest BCUT2D eigenvalue weighted by Gasteiger charge is 2.24. The lowest BCUT2D eigenvalue weighted by atomic mass is 10.1. The fraction of sp³-hybridized carbons (Fsp3) is 0.450. The Morgan fingerprint density at radius 1 is 1.45 bits per heavy atom. The number of carbonyl (C=O) groups is 1. The summed E-state index contributed by atoms with van der Waals surface area (Å²) in [7, 11) is 0. The van der Waals surface area contributed by atoms with Crippen molar-refractivity contribution in [2.45, 2.75) is 39.3 Å². The molecule has 1 atom stereocenters. The van der Waals surface area contributed by atoms with Crippen molar-refractivity contribution in [1.82, 2.24) is 34.8 Å². The Balaban J connectivity index is 1.57. The number of carbonyl (C=O) groups excluding carboxylic acids is 1. The number of piperidine rings is 1. The third kappa shape index (κ3) is 4.79. The van der Waals surface area contributed by atoms with E-state index in [1.165, 1.54) is 6.08 Å². The fourth-order valence-electron chi connectivity index (χ4n) is 3.70. The van der Waals surface area contributed by atoms with Crippen LogP contribution in [0.4, 0.5) is 17.5 Å². The lowest BCUT2D eigenvalue weighted by Gasteiger charge is -2.32. The van der Waals surface area contributed by atoms with Gasteiger partial charge in [0.1, 0.15) is 11.2 Å². The number of anilines is 3. The molecule has 0 saturated carbocycles. The third-order valence-electron chi connectivity index (χ3n) is 5.07. The van der Waals surface area contributed by atoms with Gasteiger partial charge in [-0.3, -0.25) is 14.6 Å². The van der Waals surface area contributed by atoms with E-state index in [9.17, 15) is 4.79 Å². The van der Waals surface area contributed by atoms with E-state index in [-0.39, 0.29) is 11.9 Å². The van der Waals surface area contributed by atoms with Gasteiger partial charge in [0.15, 0.2) is 10.8 Å². The zero-order chi connectivity index (χ0) is 22.0. The normalized spacial score (nSPS) is 16.6. The van der Waals surface area contributed by atoms with Gasteiger partial charge in [-0.25, -0.2) is 0 Å². The molecule has 11 heteroatoms. The largest absolute Gasteiger partial charge is 0.365 e. The maximum atomic E-state index is 12.0. The van der Waals surface area contributed by atoms with Crippen molar-refractivity contribution in [3.63, 3.8) is 0 Å². The summed E-state index contributed by atoms with van der Waals surface area (Å²) in [6, 6.07) is 0.0309. The first kappa shape index (κ1) is 21.1. The molecule has 0 aliphatic carbocycles. The van der Waals surface area contributed by atoms with Gasteiger partial charge < -0.3 is 15.5 Å². The van der Waals surface area contributed by atoms with Gasteiger partial charge in [-0.1, -0.05) is 32.0 Å². The quantitative estimate of drug-likeness (QED) is 0.480. The summed E-state index contributed by atoms with van der Waals surface area (Å²) >= 11 is 6.29. The molecule has 4 heterocycles. The summed E-state index contributed by atoms with van der Waals surface area (Å²) in [5.41, 5.74) is 1.31. The number of rotatable bonds is 7. The molecule has 0 aromatic carbocycles. The van der Waals surface area contributed by atoms with Gasteiger partial charge in [-0.2, -0.15) is 20.2 Å². The standard InChI is InChI=1S/C20H26ClN9O/c1-4-15(31)29-7-5-6-13(10-29)23-18-16-17(21)27-28-19(16)26-20(25-18)24-14-8-22-30(11-14)9-12(2)3/h4,8,11-13H,1,5-7,9-10H2,2-3H3,(H3,23,24,25,26,27,28). The second-order valence-corrected chi connectivity index (χ2v) is 8.43. The molecule has 1 aliphatic heterocycles. The lowest BCUT2D eigenvalue weighted by Crippen LogP contribution is -2.44. The smallest absolute Gasteiger partial charge is 0.246 e. The molecule has 4 rings (SSSR count). The zero-order valence-electron chi connectivity index (χ0n) is 17.6. The molecule has 31 heavy (non-hydrogen) atoms. The minimum absolute atomic E-state index is 0.0309. The minimum atomic E-state index is -0.0681. The molecule has 1 fully saturated rings. The summed E-state index contributed by atoms with van der Waals surface area (Å²) < 4.78 is 1.88. The molecule has 3 aromatic heterocycles. The number of hydrogen-bond acceptors (Lipinski definition) is 7. The number of aromatic amines is 1. The first-order chi connectivity index (χ1) is 14.9. The second kappa shape index (κ2) is 8.93. The Kier molecular flexibility index (Phi) is 6.08. The highest BCUT2D eigenvalue weighted by molar-refractivity contribution is 6.35. The van der Waals surface area contributed by atoms with Crippen LogP contribution < -0.4 is 10.6 Å². The molecule has 1 saturated heterocycles. The average molecular weight is 444 g/mol. The van der Waals surface area contributed by atoms with Crippen LogP contribution in [0.3, 0.4) is 0 Å². The monoisotopic (exact) mass is 443 g/mol. The van der Waals surface area contributed by atoms with E-state index in [2.05, 4.69) is 56.3 Å². The van der Waals surface area contributed by atoms with Gasteiger partial charge in [0.05, 0.1) is 11.9 Å². The van der Waals surface area contributed by atoms with E-state index in [4.69, 9.17) is 11.6 Å². The van der Waals surface area contributed by atoms with Gasteiger partial charge in [-0.15, -0.1) is 0 Å². The first-order valence-electron chi connectivity index (χ1n) is 10.3. The van der Waals surface area contributed by atoms with Gasteiger partial charge in [0.2, 0.25) is 11.9 Å². The molecular weight excluding hydrogens is 418 g/mol. The topological polar surface area (TPSA) is 117 Å². The van der Waals surface area contributed by atoms with Gasteiger partial charge >= 0.3 is 0 Å². The van der Waals surface area contributed by atoms with Crippen LogP contribution in [0.5, 0.6) is 0 Å². The van der Waals surface area contributed by atoms with Crippen LogP contribution in [0.25, 0.3) is 11.0 Å². The van der Waals surface area contributed by atoms with Gasteiger partial charge in [0.25, 0.3) is 0 Å².